The maximum absolute atomic E-state index is 11.7. The quantitative estimate of drug-likeness (QED) is 0.447. The molecular weight excluding hydrogens is 472 g/mol. The summed E-state index contributed by atoms with van der Waals surface area (Å²) in [5, 5.41) is 19.0. The van der Waals surface area contributed by atoms with Gasteiger partial charge in [-0.2, -0.15) is 0 Å². The average Bonchev–Trinajstić information content (AvgIpc) is 3.12. The first-order valence-electron chi connectivity index (χ1n) is 12.7. The Hall–Kier alpha value is -2.65. The molecule has 7 nitrogen and oxygen atoms in total. The molecule has 3 N–H and O–H groups in total. The van der Waals surface area contributed by atoms with Gasteiger partial charge in [-0.05, 0) is 49.4 Å². The first kappa shape index (κ1) is 23.7. The summed E-state index contributed by atoms with van der Waals surface area (Å²) >= 11 is 1.60. The number of aliphatic hydroxyl groups is 1. The van der Waals surface area contributed by atoms with E-state index in [4.69, 9.17) is 4.74 Å². The highest BCUT2D eigenvalue weighted by molar-refractivity contribution is 8.00. The van der Waals surface area contributed by atoms with E-state index in [9.17, 15) is 9.90 Å². The molecule has 1 amide bonds. The third-order valence-electron chi connectivity index (χ3n) is 7.83. The number of hydrogen-bond acceptors (Lipinski definition) is 7. The molecule has 188 valence electrons. The SMILES string of the molecule is COc1ccc2cccc(C(O)CN3C4CCC3CC(NCc3ccc5c(c3)NC(=O)CS5)C4)c2n1. The summed E-state index contributed by atoms with van der Waals surface area (Å²) in [6.07, 6.45) is 3.94. The van der Waals surface area contributed by atoms with Crippen LogP contribution in [0.1, 0.15) is 42.9 Å². The topological polar surface area (TPSA) is 86.7 Å². The lowest BCUT2D eigenvalue weighted by Gasteiger charge is -2.40. The van der Waals surface area contributed by atoms with Crippen LogP contribution in [-0.4, -0.2) is 58.4 Å². The smallest absolute Gasteiger partial charge is 0.234 e. The van der Waals surface area contributed by atoms with Crippen LogP contribution in [0.4, 0.5) is 5.69 Å². The van der Waals surface area contributed by atoms with Gasteiger partial charge < -0.3 is 20.5 Å². The molecule has 4 heterocycles. The Morgan fingerprint density at radius 3 is 2.83 bits per heavy atom. The molecule has 36 heavy (non-hydrogen) atoms. The number of benzene rings is 2. The van der Waals surface area contributed by atoms with Gasteiger partial charge in [-0.15, -0.1) is 11.8 Å². The molecule has 3 atom stereocenters. The van der Waals surface area contributed by atoms with E-state index in [1.807, 2.05) is 30.3 Å². The molecule has 3 aliphatic rings. The van der Waals surface area contributed by atoms with E-state index in [-0.39, 0.29) is 5.91 Å². The molecule has 2 aromatic carbocycles. The predicted molar refractivity (Wildman–Crippen MR) is 142 cm³/mol. The van der Waals surface area contributed by atoms with Crippen LogP contribution in [0.15, 0.2) is 53.4 Å². The maximum atomic E-state index is 11.7. The lowest BCUT2D eigenvalue weighted by Crippen LogP contribution is -2.50. The fourth-order valence-electron chi connectivity index (χ4n) is 6.07. The number of hydrogen-bond donors (Lipinski definition) is 3. The summed E-state index contributed by atoms with van der Waals surface area (Å²) in [6, 6.07) is 17.6. The van der Waals surface area contributed by atoms with E-state index >= 15 is 0 Å². The number of carbonyl (C=O) groups is 1. The molecule has 6 rings (SSSR count). The van der Waals surface area contributed by atoms with Crippen molar-refractivity contribution >= 4 is 34.3 Å². The number of nitrogens with one attached hydrogen (secondary N) is 2. The second-order valence-electron chi connectivity index (χ2n) is 10.1. The molecule has 0 radical (unpaired) electrons. The standard InChI is InChI=1S/C28H32N4O3S/c1-35-27-10-6-18-3-2-4-22(28(18)31-27)24(33)15-32-20-7-8-21(32)13-19(12-20)29-14-17-5-9-25-23(11-17)30-26(34)16-36-25/h2-6,9-11,19-21,24,29,33H,7-8,12-16H2,1H3,(H,30,34). The van der Waals surface area contributed by atoms with Gasteiger partial charge in [0.25, 0.3) is 0 Å². The highest BCUT2D eigenvalue weighted by Crippen LogP contribution is 2.38. The van der Waals surface area contributed by atoms with Crippen LogP contribution in [0, 0.1) is 0 Å². The number of nitrogens with zero attached hydrogens (tertiary/aromatic N) is 2. The van der Waals surface area contributed by atoms with E-state index in [0.717, 1.165) is 46.4 Å². The lowest BCUT2D eigenvalue weighted by atomic mass is 9.95. The molecule has 1 aromatic heterocycles. The Morgan fingerprint density at radius 1 is 1.19 bits per heavy atom. The molecule has 0 spiro atoms. The number of aromatic nitrogens is 1. The number of fused-ring (bicyclic) bond motifs is 4. The van der Waals surface area contributed by atoms with Crippen molar-refractivity contribution in [2.75, 3.05) is 24.7 Å². The van der Waals surface area contributed by atoms with Crippen molar-refractivity contribution in [1.29, 1.82) is 0 Å². The average molecular weight is 505 g/mol. The summed E-state index contributed by atoms with van der Waals surface area (Å²) in [7, 11) is 1.62. The van der Waals surface area contributed by atoms with Gasteiger partial charge in [0.2, 0.25) is 11.8 Å². The van der Waals surface area contributed by atoms with Gasteiger partial charge in [0.1, 0.15) is 0 Å². The van der Waals surface area contributed by atoms with Crippen molar-refractivity contribution in [3.8, 4) is 5.88 Å². The van der Waals surface area contributed by atoms with Gasteiger partial charge in [0.15, 0.2) is 0 Å². The molecule has 0 aliphatic carbocycles. The van der Waals surface area contributed by atoms with E-state index in [1.165, 1.54) is 18.4 Å². The van der Waals surface area contributed by atoms with Gasteiger partial charge in [0, 0.05) is 53.1 Å². The second kappa shape index (κ2) is 10.0. The number of anilines is 1. The normalized spacial score (nSPS) is 24.4. The minimum atomic E-state index is -0.593. The Balaban J connectivity index is 1.09. The van der Waals surface area contributed by atoms with Crippen LogP contribution in [0.3, 0.4) is 0 Å². The number of piperidine rings is 1. The van der Waals surface area contributed by atoms with Crippen molar-refractivity contribution in [2.45, 2.75) is 61.4 Å². The second-order valence-corrected chi connectivity index (χ2v) is 11.1. The van der Waals surface area contributed by atoms with Gasteiger partial charge in [-0.3, -0.25) is 9.69 Å². The summed E-state index contributed by atoms with van der Waals surface area (Å²) in [4.78, 5) is 20.0. The molecule has 8 heteroatoms. The highest BCUT2D eigenvalue weighted by atomic mass is 32.2. The number of aliphatic hydroxyl groups excluding tert-OH is 1. The van der Waals surface area contributed by atoms with E-state index in [2.05, 4.69) is 38.7 Å². The van der Waals surface area contributed by atoms with E-state index in [0.29, 0.717) is 36.3 Å². The van der Waals surface area contributed by atoms with Gasteiger partial charge in [0.05, 0.1) is 30.2 Å². The zero-order valence-corrected chi connectivity index (χ0v) is 21.3. The molecule has 2 bridgehead atoms. The minimum Gasteiger partial charge on any atom is -0.481 e. The van der Waals surface area contributed by atoms with E-state index in [1.54, 1.807) is 18.9 Å². The largest absolute Gasteiger partial charge is 0.481 e. The lowest BCUT2D eigenvalue weighted by molar-refractivity contribution is -0.113. The Morgan fingerprint density at radius 2 is 2.03 bits per heavy atom. The minimum absolute atomic E-state index is 0.0714. The third-order valence-corrected chi connectivity index (χ3v) is 8.91. The van der Waals surface area contributed by atoms with Crippen molar-refractivity contribution in [3.63, 3.8) is 0 Å². The van der Waals surface area contributed by atoms with Crippen molar-refractivity contribution in [1.82, 2.24) is 15.2 Å². The summed E-state index contributed by atoms with van der Waals surface area (Å²) in [5.41, 5.74) is 3.80. The van der Waals surface area contributed by atoms with Gasteiger partial charge in [-0.25, -0.2) is 4.98 Å². The number of ether oxygens (including phenoxy) is 1. The highest BCUT2D eigenvalue weighted by Gasteiger charge is 2.41. The number of rotatable bonds is 7. The third kappa shape index (κ3) is 4.70. The molecule has 0 saturated carbocycles. The monoisotopic (exact) mass is 504 g/mol. The zero-order chi connectivity index (χ0) is 24.6. The van der Waals surface area contributed by atoms with Crippen LogP contribution < -0.4 is 15.4 Å². The van der Waals surface area contributed by atoms with Gasteiger partial charge >= 0.3 is 0 Å². The van der Waals surface area contributed by atoms with Crippen LogP contribution in [0.5, 0.6) is 5.88 Å². The number of carbonyl (C=O) groups excluding carboxylic acids is 1. The van der Waals surface area contributed by atoms with Gasteiger partial charge in [-0.1, -0.05) is 24.3 Å². The number of amides is 1. The summed E-state index contributed by atoms with van der Waals surface area (Å²) in [5.74, 6) is 1.13. The summed E-state index contributed by atoms with van der Waals surface area (Å²) < 4.78 is 5.32. The molecule has 3 aliphatic heterocycles. The van der Waals surface area contributed by atoms with Crippen molar-refractivity contribution < 1.29 is 14.6 Å². The fraction of sp³-hybridized carbons (Fsp3) is 0.429. The molecule has 3 aromatic rings. The first-order valence-corrected chi connectivity index (χ1v) is 13.7. The first-order chi connectivity index (χ1) is 17.6. The number of thioether (sulfide) groups is 1. The maximum Gasteiger partial charge on any atom is 0.234 e. The molecule has 2 saturated heterocycles. The Kier molecular flexibility index (Phi) is 6.60. The molecule has 2 fully saturated rings. The molecule has 3 unspecified atom stereocenters. The zero-order valence-electron chi connectivity index (χ0n) is 20.4. The van der Waals surface area contributed by atoms with Crippen LogP contribution >= 0.6 is 11.8 Å². The number of pyridine rings is 1. The number of methoxy groups -OCH3 is 1. The van der Waals surface area contributed by atoms with E-state index < -0.39 is 6.10 Å². The van der Waals surface area contributed by atoms with Crippen LogP contribution in [0.25, 0.3) is 10.9 Å². The number of para-hydroxylation sites is 1. The Bertz CT molecular complexity index is 1270. The molecular formula is C28H32N4O3S. The van der Waals surface area contributed by atoms with Crippen molar-refractivity contribution in [3.05, 3.63) is 59.7 Å². The fourth-order valence-corrected chi connectivity index (χ4v) is 6.86. The van der Waals surface area contributed by atoms with Crippen molar-refractivity contribution in [2.24, 2.45) is 0 Å². The Labute approximate surface area is 215 Å². The van der Waals surface area contributed by atoms with Crippen LogP contribution in [-0.2, 0) is 11.3 Å². The van der Waals surface area contributed by atoms with Crippen LogP contribution in [0.2, 0.25) is 0 Å². The summed E-state index contributed by atoms with van der Waals surface area (Å²) in [6.45, 7) is 1.42. The predicted octanol–water partition coefficient (Wildman–Crippen LogP) is 4.11.